The van der Waals surface area contributed by atoms with E-state index < -0.39 is 0 Å². The summed E-state index contributed by atoms with van der Waals surface area (Å²) in [5, 5.41) is 21.7. The van der Waals surface area contributed by atoms with Crippen LogP contribution < -0.4 is 5.32 Å². The Morgan fingerprint density at radius 1 is 1.59 bits per heavy atom. The van der Waals surface area contributed by atoms with Gasteiger partial charge in [-0.05, 0) is 13.5 Å². The SMILES string of the molecule is C=CCn1c(CNC)nnc1SC[C@H](O)CC. The Hall–Kier alpha value is -0.850. The van der Waals surface area contributed by atoms with Crippen LogP contribution in [0.4, 0.5) is 0 Å². The number of allylic oxidation sites excluding steroid dienone is 1. The fraction of sp³-hybridized carbons (Fsp3) is 0.636. The number of thioether (sulfide) groups is 1. The number of aliphatic hydroxyl groups is 1. The highest BCUT2D eigenvalue weighted by atomic mass is 32.2. The van der Waals surface area contributed by atoms with Gasteiger partial charge in [-0.25, -0.2) is 0 Å². The van der Waals surface area contributed by atoms with Crippen LogP contribution in [0.5, 0.6) is 0 Å². The van der Waals surface area contributed by atoms with E-state index in [0.717, 1.165) is 17.4 Å². The van der Waals surface area contributed by atoms with E-state index in [1.807, 2.05) is 24.6 Å². The minimum atomic E-state index is -0.290. The van der Waals surface area contributed by atoms with Crippen molar-refractivity contribution in [3.8, 4) is 0 Å². The van der Waals surface area contributed by atoms with Gasteiger partial charge in [0.25, 0.3) is 0 Å². The maximum Gasteiger partial charge on any atom is 0.191 e. The first-order valence-electron chi connectivity index (χ1n) is 5.71. The highest BCUT2D eigenvalue weighted by Gasteiger charge is 2.12. The lowest BCUT2D eigenvalue weighted by Gasteiger charge is -2.09. The van der Waals surface area contributed by atoms with Crippen molar-refractivity contribution in [1.29, 1.82) is 0 Å². The number of nitrogens with one attached hydrogen (secondary N) is 1. The van der Waals surface area contributed by atoms with Crippen molar-refractivity contribution in [3.63, 3.8) is 0 Å². The monoisotopic (exact) mass is 256 g/mol. The Morgan fingerprint density at radius 3 is 2.94 bits per heavy atom. The fourth-order valence-electron chi connectivity index (χ4n) is 1.32. The second kappa shape index (κ2) is 7.47. The number of aliphatic hydroxyl groups excluding tert-OH is 1. The number of nitrogens with zero attached hydrogens (tertiary/aromatic N) is 3. The molecule has 96 valence electrons. The molecule has 0 aliphatic rings. The number of aromatic nitrogens is 3. The van der Waals surface area contributed by atoms with Crippen LogP contribution >= 0.6 is 11.8 Å². The summed E-state index contributed by atoms with van der Waals surface area (Å²) in [6, 6.07) is 0. The molecule has 1 atom stereocenters. The Balaban J connectivity index is 2.72. The van der Waals surface area contributed by atoms with Crippen LogP contribution in [0, 0.1) is 0 Å². The van der Waals surface area contributed by atoms with Crippen LogP contribution in [0.2, 0.25) is 0 Å². The average molecular weight is 256 g/mol. The lowest BCUT2D eigenvalue weighted by atomic mass is 10.3. The van der Waals surface area contributed by atoms with E-state index in [-0.39, 0.29) is 6.10 Å². The van der Waals surface area contributed by atoms with Gasteiger partial charge in [0.15, 0.2) is 5.16 Å². The third kappa shape index (κ3) is 4.14. The van der Waals surface area contributed by atoms with Crippen molar-refractivity contribution in [1.82, 2.24) is 20.1 Å². The molecule has 1 rings (SSSR count). The molecule has 0 radical (unpaired) electrons. The molecule has 5 nitrogen and oxygen atoms in total. The standard InChI is InChI=1S/C11H20N4OS/c1-4-6-15-10(7-12-3)13-14-11(15)17-8-9(16)5-2/h4,9,12,16H,1,5-8H2,2-3H3/t9-/m1/s1. The molecule has 0 spiro atoms. The summed E-state index contributed by atoms with van der Waals surface area (Å²) in [6.07, 6.45) is 2.29. The zero-order valence-electron chi connectivity index (χ0n) is 10.4. The largest absolute Gasteiger partial charge is 0.392 e. The molecule has 0 saturated heterocycles. The zero-order chi connectivity index (χ0) is 12.7. The van der Waals surface area contributed by atoms with Crippen LogP contribution in [0.25, 0.3) is 0 Å². The van der Waals surface area contributed by atoms with Crippen LogP contribution in [-0.2, 0) is 13.1 Å². The van der Waals surface area contributed by atoms with Gasteiger partial charge in [0.05, 0.1) is 12.6 Å². The van der Waals surface area contributed by atoms with Crippen molar-refractivity contribution in [2.45, 2.75) is 37.7 Å². The Bertz CT molecular complexity index is 353. The average Bonchev–Trinajstić information content (AvgIpc) is 2.70. The summed E-state index contributed by atoms with van der Waals surface area (Å²) in [4.78, 5) is 0. The molecule has 2 N–H and O–H groups in total. The third-order valence-electron chi connectivity index (χ3n) is 2.32. The summed E-state index contributed by atoms with van der Waals surface area (Å²) in [7, 11) is 1.88. The summed E-state index contributed by atoms with van der Waals surface area (Å²) in [6.45, 7) is 7.07. The molecule has 1 aromatic rings. The van der Waals surface area contributed by atoms with Crippen molar-refractivity contribution in [3.05, 3.63) is 18.5 Å². The second-order valence-electron chi connectivity index (χ2n) is 3.70. The highest BCUT2D eigenvalue weighted by molar-refractivity contribution is 7.99. The number of hydrogen-bond acceptors (Lipinski definition) is 5. The van der Waals surface area contributed by atoms with E-state index >= 15 is 0 Å². The normalized spacial score (nSPS) is 12.6. The van der Waals surface area contributed by atoms with Gasteiger partial charge in [0, 0.05) is 12.3 Å². The quantitative estimate of drug-likeness (QED) is 0.537. The molecule has 17 heavy (non-hydrogen) atoms. The number of rotatable bonds is 8. The van der Waals surface area contributed by atoms with Crippen molar-refractivity contribution < 1.29 is 5.11 Å². The van der Waals surface area contributed by atoms with Gasteiger partial charge in [0.2, 0.25) is 0 Å². The van der Waals surface area contributed by atoms with Gasteiger partial charge < -0.3 is 15.0 Å². The van der Waals surface area contributed by atoms with Gasteiger partial charge in [-0.1, -0.05) is 24.8 Å². The lowest BCUT2D eigenvalue weighted by Crippen LogP contribution is -2.13. The van der Waals surface area contributed by atoms with E-state index in [0.29, 0.717) is 18.8 Å². The van der Waals surface area contributed by atoms with Crippen molar-refractivity contribution >= 4 is 11.8 Å². The van der Waals surface area contributed by atoms with E-state index in [9.17, 15) is 5.11 Å². The van der Waals surface area contributed by atoms with E-state index in [4.69, 9.17) is 0 Å². The maximum absolute atomic E-state index is 9.54. The fourth-order valence-corrected chi connectivity index (χ4v) is 2.33. The van der Waals surface area contributed by atoms with Crippen LogP contribution in [-0.4, -0.2) is 38.8 Å². The molecule has 0 unspecified atom stereocenters. The molecular formula is C11H20N4OS. The van der Waals surface area contributed by atoms with Gasteiger partial charge in [-0.15, -0.1) is 16.8 Å². The molecule has 0 fully saturated rings. The summed E-state index contributed by atoms with van der Waals surface area (Å²) in [5.74, 6) is 1.53. The lowest BCUT2D eigenvalue weighted by molar-refractivity contribution is 0.195. The van der Waals surface area contributed by atoms with Gasteiger partial charge in [-0.2, -0.15) is 0 Å². The summed E-state index contributed by atoms with van der Waals surface area (Å²) in [5.41, 5.74) is 0. The molecule has 1 heterocycles. The minimum Gasteiger partial charge on any atom is -0.392 e. The topological polar surface area (TPSA) is 63.0 Å². The molecule has 0 aromatic carbocycles. The zero-order valence-corrected chi connectivity index (χ0v) is 11.2. The van der Waals surface area contributed by atoms with Crippen LogP contribution in [0.15, 0.2) is 17.8 Å². The van der Waals surface area contributed by atoms with Gasteiger partial charge >= 0.3 is 0 Å². The first kappa shape index (κ1) is 14.2. The van der Waals surface area contributed by atoms with E-state index in [1.165, 1.54) is 11.8 Å². The van der Waals surface area contributed by atoms with Gasteiger partial charge in [0.1, 0.15) is 5.82 Å². The minimum absolute atomic E-state index is 0.290. The second-order valence-corrected chi connectivity index (χ2v) is 4.69. The summed E-state index contributed by atoms with van der Waals surface area (Å²) >= 11 is 1.53. The Morgan fingerprint density at radius 2 is 2.35 bits per heavy atom. The third-order valence-corrected chi connectivity index (χ3v) is 3.43. The Kier molecular flexibility index (Phi) is 6.25. The van der Waals surface area contributed by atoms with Crippen molar-refractivity contribution in [2.75, 3.05) is 12.8 Å². The smallest absolute Gasteiger partial charge is 0.191 e. The van der Waals surface area contributed by atoms with Gasteiger partial charge in [-0.3, -0.25) is 0 Å². The highest BCUT2D eigenvalue weighted by Crippen LogP contribution is 2.18. The molecule has 6 heteroatoms. The summed E-state index contributed by atoms with van der Waals surface area (Å²) < 4.78 is 2.01. The maximum atomic E-state index is 9.54. The van der Waals surface area contributed by atoms with Crippen LogP contribution in [0.3, 0.4) is 0 Å². The predicted octanol–water partition coefficient (Wildman–Crippen LogP) is 1.05. The molecule has 0 amide bonds. The molecule has 0 aliphatic heterocycles. The molecule has 1 aromatic heterocycles. The van der Waals surface area contributed by atoms with Crippen molar-refractivity contribution in [2.24, 2.45) is 0 Å². The Labute approximate surface area is 106 Å². The molecule has 0 saturated carbocycles. The molecule has 0 aliphatic carbocycles. The number of hydrogen-bond donors (Lipinski definition) is 2. The van der Waals surface area contributed by atoms with E-state index in [2.05, 4.69) is 22.1 Å². The van der Waals surface area contributed by atoms with E-state index in [1.54, 1.807) is 0 Å². The van der Waals surface area contributed by atoms with Crippen LogP contribution in [0.1, 0.15) is 19.2 Å². The molecular weight excluding hydrogens is 236 g/mol. The first-order valence-corrected chi connectivity index (χ1v) is 6.69. The molecule has 0 bridgehead atoms. The first-order chi connectivity index (χ1) is 8.22. The predicted molar refractivity (Wildman–Crippen MR) is 70.0 cm³/mol.